The lowest BCUT2D eigenvalue weighted by Crippen LogP contribution is -2.13. The number of hydrogen-bond acceptors (Lipinski definition) is 3. The van der Waals surface area contributed by atoms with Gasteiger partial charge in [-0.25, -0.2) is 0 Å². The topological polar surface area (TPSA) is 64.3 Å². The number of primary amides is 1. The van der Waals surface area contributed by atoms with Crippen LogP contribution >= 0.6 is 23.2 Å². The largest absolute Gasteiger partial charge is 0.455 e. The summed E-state index contributed by atoms with van der Waals surface area (Å²) >= 11 is 11.9. The zero-order valence-corrected chi connectivity index (χ0v) is 12.8. The third-order valence-electron chi connectivity index (χ3n) is 2.83. The summed E-state index contributed by atoms with van der Waals surface area (Å²) in [4.78, 5) is 11.2. The maximum absolute atomic E-state index is 11.2. The smallest absolute Gasteiger partial charge is 0.248 e. The molecule has 0 bridgehead atoms. The summed E-state index contributed by atoms with van der Waals surface area (Å²) in [6, 6.07) is 9.98. The number of carbonyl (C=O) groups is 1. The van der Waals surface area contributed by atoms with Crippen LogP contribution in [0.4, 0.5) is 0 Å². The van der Waals surface area contributed by atoms with Crippen molar-refractivity contribution in [3.8, 4) is 11.5 Å². The van der Waals surface area contributed by atoms with E-state index < -0.39 is 5.91 Å². The minimum Gasteiger partial charge on any atom is -0.455 e. The number of benzene rings is 2. The second-order valence-electron chi connectivity index (χ2n) is 4.39. The van der Waals surface area contributed by atoms with Crippen LogP contribution in [0.1, 0.15) is 15.9 Å². The van der Waals surface area contributed by atoms with Crippen LogP contribution in [0.2, 0.25) is 10.0 Å². The molecule has 0 saturated heterocycles. The van der Waals surface area contributed by atoms with Gasteiger partial charge in [0.1, 0.15) is 11.5 Å². The molecule has 0 aromatic heterocycles. The highest BCUT2D eigenvalue weighted by Crippen LogP contribution is 2.33. The van der Waals surface area contributed by atoms with Crippen LogP contribution < -0.4 is 15.8 Å². The Morgan fingerprint density at radius 2 is 1.90 bits per heavy atom. The molecule has 2 rings (SSSR count). The number of rotatable bonds is 5. The Balaban J connectivity index is 2.36. The fraction of sp³-hybridized carbons (Fsp3) is 0.133. The first-order valence-electron chi connectivity index (χ1n) is 6.21. The van der Waals surface area contributed by atoms with Gasteiger partial charge in [-0.3, -0.25) is 4.79 Å². The monoisotopic (exact) mass is 324 g/mol. The summed E-state index contributed by atoms with van der Waals surface area (Å²) in [6.45, 7) is 0.529. The Morgan fingerprint density at radius 1 is 1.19 bits per heavy atom. The zero-order chi connectivity index (χ0) is 15.4. The number of carbonyl (C=O) groups excluding carboxylic acids is 1. The molecule has 0 spiro atoms. The molecule has 0 aliphatic carbocycles. The van der Waals surface area contributed by atoms with E-state index in [1.165, 1.54) is 0 Å². The fourth-order valence-corrected chi connectivity index (χ4v) is 2.28. The average molecular weight is 325 g/mol. The molecule has 0 fully saturated rings. The van der Waals surface area contributed by atoms with Crippen LogP contribution in [0.25, 0.3) is 0 Å². The van der Waals surface area contributed by atoms with E-state index in [0.717, 1.165) is 5.56 Å². The van der Waals surface area contributed by atoms with E-state index in [4.69, 9.17) is 33.7 Å². The van der Waals surface area contributed by atoms with E-state index in [-0.39, 0.29) is 0 Å². The Kier molecular flexibility index (Phi) is 5.07. The van der Waals surface area contributed by atoms with Crippen molar-refractivity contribution in [3.05, 3.63) is 57.6 Å². The Labute approximate surface area is 132 Å². The van der Waals surface area contributed by atoms with Crippen molar-refractivity contribution >= 4 is 29.1 Å². The number of nitrogens with two attached hydrogens (primary N) is 1. The van der Waals surface area contributed by atoms with Crippen LogP contribution in [0.15, 0.2) is 36.4 Å². The van der Waals surface area contributed by atoms with Gasteiger partial charge in [0.25, 0.3) is 0 Å². The molecule has 3 N–H and O–H groups in total. The van der Waals surface area contributed by atoms with Crippen LogP contribution in [-0.4, -0.2) is 13.0 Å². The molecule has 1 amide bonds. The normalized spacial score (nSPS) is 10.4. The van der Waals surface area contributed by atoms with Gasteiger partial charge in [0, 0.05) is 22.7 Å². The van der Waals surface area contributed by atoms with E-state index in [9.17, 15) is 4.79 Å². The van der Waals surface area contributed by atoms with E-state index in [2.05, 4.69) is 5.32 Å². The molecule has 21 heavy (non-hydrogen) atoms. The third kappa shape index (κ3) is 3.88. The van der Waals surface area contributed by atoms with Gasteiger partial charge in [-0.1, -0.05) is 23.2 Å². The number of amides is 1. The van der Waals surface area contributed by atoms with Crippen molar-refractivity contribution < 1.29 is 9.53 Å². The molecule has 0 atom stereocenters. The lowest BCUT2D eigenvalue weighted by atomic mass is 10.1. The number of nitrogens with one attached hydrogen (secondary N) is 1. The molecule has 110 valence electrons. The maximum Gasteiger partial charge on any atom is 0.248 e. The first kappa shape index (κ1) is 15.6. The molecule has 0 aliphatic rings. The molecule has 0 unspecified atom stereocenters. The molecule has 6 heteroatoms. The maximum atomic E-state index is 11.2. The second-order valence-corrected chi connectivity index (χ2v) is 5.24. The van der Waals surface area contributed by atoms with Crippen molar-refractivity contribution in [3.63, 3.8) is 0 Å². The van der Waals surface area contributed by atoms with Crippen molar-refractivity contribution in [2.24, 2.45) is 5.73 Å². The highest BCUT2D eigenvalue weighted by molar-refractivity contribution is 6.35. The lowest BCUT2D eigenvalue weighted by Gasteiger charge is -2.13. The summed E-state index contributed by atoms with van der Waals surface area (Å²) in [7, 11) is 1.80. The Bertz CT molecular complexity index is 675. The average Bonchev–Trinajstić information content (AvgIpc) is 2.43. The second kappa shape index (κ2) is 6.80. The van der Waals surface area contributed by atoms with Gasteiger partial charge in [0.05, 0.1) is 5.02 Å². The molecule has 2 aromatic carbocycles. The standard InChI is InChI=1S/C15H14Cl2N2O2/c1-19-8-10-6-9(15(18)20)2-4-13(10)21-14-5-3-11(16)7-12(14)17/h2-7,19H,8H2,1H3,(H2,18,20). The molecule has 0 aliphatic heterocycles. The number of halogens is 2. The third-order valence-corrected chi connectivity index (χ3v) is 3.36. The van der Waals surface area contributed by atoms with Gasteiger partial charge in [-0.2, -0.15) is 0 Å². The highest BCUT2D eigenvalue weighted by Gasteiger charge is 2.11. The Hall–Kier alpha value is -1.75. The van der Waals surface area contributed by atoms with Gasteiger partial charge < -0.3 is 15.8 Å². The molecule has 2 aromatic rings. The van der Waals surface area contributed by atoms with Gasteiger partial charge >= 0.3 is 0 Å². The van der Waals surface area contributed by atoms with E-state index in [1.54, 1.807) is 43.4 Å². The summed E-state index contributed by atoms with van der Waals surface area (Å²) < 4.78 is 5.80. The predicted molar refractivity (Wildman–Crippen MR) is 84.3 cm³/mol. The molecule has 0 saturated carbocycles. The minimum absolute atomic E-state index is 0.414. The van der Waals surface area contributed by atoms with Crippen LogP contribution in [-0.2, 0) is 6.54 Å². The summed E-state index contributed by atoms with van der Waals surface area (Å²) in [6.07, 6.45) is 0. The molecule has 4 nitrogen and oxygen atoms in total. The van der Waals surface area contributed by atoms with E-state index in [0.29, 0.717) is 33.7 Å². The summed E-state index contributed by atoms with van der Waals surface area (Å²) in [5, 5.41) is 3.96. The summed E-state index contributed by atoms with van der Waals surface area (Å²) in [5.74, 6) is 0.604. The van der Waals surface area contributed by atoms with Crippen molar-refractivity contribution in [2.75, 3.05) is 7.05 Å². The highest BCUT2D eigenvalue weighted by atomic mass is 35.5. The fourth-order valence-electron chi connectivity index (χ4n) is 1.84. The van der Waals surface area contributed by atoms with Crippen molar-refractivity contribution in [1.82, 2.24) is 5.32 Å². The van der Waals surface area contributed by atoms with Gasteiger partial charge in [-0.05, 0) is 43.4 Å². The SMILES string of the molecule is CNCc1cc(C(N)=O)ccc1Oc1ccc(Cl)cc1Cl. The number of hydrogen-bond donors (Lipinski definition) is 2. The van der Waals surface area contributed by atoms with Crippen molar-refractivity contribution in [2.45, 2.75) is 6.54 Å². The van der Waals surface area contributed by atoms with Crippen LogP contribution in [0.3, 0.4) is 0 Å². The summed E-state index contributed by atoms with van der Waals surface area (Å²) in [5.41, 5.74) is 6.52. The molecule has 0 heterocycles. The Morgan fingerprint density at radius 3 is 2.52 bits per heavy atom. The molecular formula is C15H14Cl2N2O2. The molecule has 0 radical (unpaired) electrons. The van der Waals surface area contributed by atoms with Crippen LogP contribution in [0.5, 0.6) is 11.5 Å². The first-order valence-corrected chi connectivity index (χ1v) is 6.97. The van der Waals surface area contributed by atoms with Gasteiger partial charge in [0.15, 0.2) is 0 Å². The van der Waals surface area contributed by atoms with Gasteiger partial charge in [0.2, 0.25) is 5.91 Å². The quantitative estimate of drug-likeness (QED) is 0.883. The van der Waals surface area contributed by atoms with E-state index >= 15 is 0 Å². The predicted octanol–water partition coefficient (Wildman–Crippen LogP) is 3.60. The van der Waals surface area contributed by atoms with Crippen LogP contribution in [0, 0.1) is 0 Å². The molecular weight excluding hydrogens is 311 g/mol. The van der Waals surface area contributed by atoms with Gasteiger partial charge in [-0.15, -0.1) is 0 Å². The van der Waals surface area contributed by atoms with Crippen molar-refractivity contribution in [1.29, 1.82) is 0 Å². The number of ether oxygens (including phenoxy) is 1. The lowest BCUT2D eigenvalue weighted by molar-refractivity contribution is 0.1000. The first-order chi connectivity index (χ1) is 10.0. The van der Waals surface area contributed by atoms with E-state index in [1.807, 2.05) is 0 Å². The minimum atomic E-state index is -0.483. The zero-order valence-electron chi connectivity index (χ0n) is 11.3.